The Balaban J connectivity index is 1.98. The Morgan fingerprint density at radius 3 is 2.59 bits per heavy atom. The van der Waals surface area contributed by atoms with Gasteiger partial charge in [0.15, 0.2) is 0 Å². The highest BCUT2D eigenvalue weighted by molar-refractivity contribution is 5.69. The smallest absolute Gasteiger partial charge is 0.396 e. The number of fused-ring (bicyclic) bond motifs is 1. The van der Waals surface area contributed by atoms with E-state index in [1.165, 1.54) is 27.7 Å². The van der Waals surface area contributed by atoms with Crippen molar-refractivity contribution in [2.24, 2.45) is 0 Å². The Kier molecular flexibility index (Phi) is 5.73. The van der Waals surface area contributed by atoms with Gasteiger partial charge in [0, 0.05) is 18.0 Å². The number of hydrogen-bond acceptors (Lipinski definition) is 6. The fraction of sp³-hybridized carbons (Fsp3) is 0.217. The Labute approximate surface area is 191 Å². The van der Waals surface area contributed by atoms with Gasteiger partial charge >= 0.3 is 11.9 Å². The first kappa shape index (κ1) is 22.8. The van der Waals surface area contributed by atoms with Crippen molar-refractivity contribution in [3.05, 3.63) is 86.5 Å². The molecule has 1 aliphatic heterocycles. The van der Waals surface area contributed by atoms with Crippen molar-refractivity contribution in [3.8, 4) is 12.1 Å². The van der Waals surface area contributed by atoms with Gasteiger partial charge in [-0.15, -0.1) is 5.10 Å². The number of nitrogens with zero attached hydrogens (tertiary/aromatic N) is 5. The molecule has 0 bridgehead atoms. The van der Waals surface area contributed by atoms with Crippen LogP contribution >= 0.6 is 0 Å². The number of halogens is 3. The molecule has 1 aromatic heterocycles. The number of allylic oxidation sites excluding steroid dienone is 2. The summed E-state index contributed by atoms with van der Waals surface area (Å²) in [6, 6.07) is 12.4. The lowest BCUT2D eigenvalue weighted by molar-refractivity contribution is -0.137. The first-order valence-electron chi connectivity index (χ1n) is 10.1. The van der Waals surface area contributed by atoms with Gasteiger partial charge in [-0.2, -0.15) is 23.7 Å². The minimum Gasteiger partial charge on any atom is -0.396 e. The molecule has 4 rings (SSSR count). The highest BCUT2D eigenvalue weighted by atomic mass is 19.4. The molecule has 34 heavy (non-hydrogen) atoms. The summed E-state index contributed by atoms with van der Waals surface area (Å²) < 4.78 is 41.2. The lowest BCUT2D eigenvalue weighted by atomic mass is 9.90. The number of aliphatic hydroxyl groups is 1. The zero-order valence-electron chi connectivity index (χ0n) is 17.8. The summed E-state index contributed by atoms with van der Waals surface area (Å²) in [5.41, 5.74) is 0.310. The Morgan fingerprint density at radius 1 is 1.18 bits per heavy atom. The molecule has 2 heterocycles. The molecule has 1 unspecified atom stereocenters. The second kappa shape index (κ2) is 8.54. The molecule has 8 nitrogen and oxygen atoms in total. The third kappa shape index (κ3) is 3.72. The van der Waals surface area contributed by atoms with E-state index in [9.17, 15) is 33.6 Å². The van der Waals surface area contributed by atoms with E-state index in [-0.39, 0.29) is 35.9 Å². The van der Waals surface area contributed by atoms with Crippen LogP contribution in [-0.2, 0) is 12.6 Å². The number of nitriles is 2. The van der Waals surface area contributed by atoms with Gasteiger partial charge in [-0.05, 0) is 54.8 Å². The van der Waals surface area contributed by atoms with E-state index >= 15 is 0 Å². The van der Waals surface area contributed by atoms with Gasteiger partial charge in [0.25, 0.3) is 0 Å². The van der Waals surface area contributed by atoms with Crippen molar-refractivity contribution >= 4 is 11.6 Å². The molecule has 0 saturated heterocycles. The Morgan fingerprint density at radius 2 is 1.94 bits per heavy atom. The van der Waals surface area contributed by atoms with Crippen LogP contribution in [0.2, 0.25) is 0 Å². The van der Waals surface area contributed by atoms with E-state index < -0.39 is 23.5 Å². The SMILES string of the molecule is CC1=C(C#N)C(c2ccc(C#N)cc2CCO)n2c(n[nH]c2=O)N1c1cccc(C(F)(F)F)c1. The lowest BCUT2D eigenvalue weighted by Crippen LogP contribution is -2.35. The molecule has 0 fully saturated rings. The van der Waals surface area contributed by atoms with Crippen LogP contribution in [-0.4, -0.2) is 26.5 Å². The van der Waals surface area contributed by atoms with Crippen molar-refractivity contribution in [2.75, 3.05) is 11.5 Å². The van der Waals surface area contributed by atoms with Crippen molar-refractivity contribution in [1.29, 1.82) is 10.5 Å². The summed E-state index contributed by atoms with van der Waals surface area (Å²) in [6.45, 7) is 1.33. The maximum atomic E-state index is 13.3. The highest BCUT2D eigenvalue weighted by Gasteiger charge is 2.38. The fourth-order valence-corrected chi connectivity index (χ4v) is 4.13. The molecule has 0 aliphatic carbocycles. The monoisotopic (exact) mass is 466 g/mol. The van der Waals surface area contributed by atoms with Crippen LogP contribution < -0.4 is 10.6 Å². The summed E-state index contributed by atoms with van der Waals surface area (Å²) >= 11 is 0. The number of aliphatic hydroxyl groups excluding tert-OH is 1. The van der Waals surface area contributed by atoms with Gasteiger partial charge in [-0.1, -0.05) is 12.1 Å². The predicted octanol–water partition coefficient (Wildman–Crippen LogP) is 3.54. The molecule has 11 heteroatoms. The zero-order valence-corrected chi connectivity index (χ0v) is 17.8. The second-order valence-electron chi connectivity index (χ2n) is 7.59. The van der Waals surface area contributed by atoms with Crippen LogP contribution in [0.3, 0.4) is 0 Å². The summed E-state index contributed by atoms with van der Waals surface area (Å²) in [5.74, 6) is 0.00475. The molecular formula is C23H17F3N6O2. The van der Waals surface area contributed by atoms with E-state index in [0.717, 1.165) is 12.1 Å². The van der Waals surface area contributed by atoms with Crippen molar-refractivity contribution in [3.63, 3.8) is 0 Å². The van der Waals surface area contributed by atoms with Gasteiger partial charge < -0.3 is 5.11 Å². The summed E-state index contributed by atoms with van der Waals surface area (Å²) in [5, 5.41) is 35.2. The van der Waals surface area contributed by atoms with Crippen molar-refractivity contribution in [2.45, 2.75) is 25.6 Å². The van der Waals surface area contributed by atoms with Crippen LogP contribution in [0.25, 0.3) is 0 Å². The summed E-state index contributed by atoms with van der Waals surface area (Å²) in [6.07, 6.45) is -4.42. The third-order valence-corrected chi connectivity index (χ3v) is 5.64. The molecule has 1 atom stereocenters. The molecule has 0 radical (unpaired) electrons. The fourth-order valence-electron chi connectivity index (χ4n) is 4.13. The van der Waals surface area contributed by atoms with Gasteiger partial charge in [-0.25, -0.2) is 14.5 Å². The van der Waals surface area contributed by atoms with Gasteiger partial charge in [0.1, 0.15) is 6.04 Å². The van der Waals surface area contributed by atoms with Crippen LogP contribution in [0.15, 0.2) is 58.5 Å². The van der Waals surface area contributed by atoms with Crippen LogP contribution in [0, 0.1) is 22.7 Å². The summed E-state index contributed by atoms with van der Waals surface area (Å²) in [7, 11) is 0. The Bertz CT molecular complexity index is 1440. The number of rotatable bonds is 4. The zero-order chi connectivity index (χ0) is 24.6. The van der Waals surface area contributed by atoms with Gasteiger partial charge in [0.2, 0.25) is 5.95 Å². The van der Waals surface area contributed by atoms with Crippen molar-refractivity contribution < 1.29 is 18.3 Å². The maximum absolute atomic E-state index is 13.3. The lowest BCUT2D eigenvalue weighted by Gasteiger charge is -2.35. The van der Waals surface area contributed by atoms with E-state index in [1.54, 1.807) is 19.1 Å². The topological polar surface area (TPSA) is 122 Å². The largest absolute Gasteiger partial charge is 0.416 e. The number of aromatic amines is 1. The predicted molar refractivity (Wildman–Crippen MR) is 115 cm³/mol. The average Bonchev–Trinajstić information content (AvgIpc) is 3.19. The standard InChI is InChI=1S/C23H17F3N6O2/c1-13-19(12-28)20(18-6-5-14(11-27)9-15(18)7-8-33)32-21(29-30-22(32)34)31(13)17-4-2-3-16(10-17)23(24,25)26/h2-6,9-10,20,33H,7-8H2,1H3,(H,30,34). The van der Waals surface area contributed by atoms with E-state index in [0.29, 0.717) is 16.7 Å². The molecule has 2 N–H and O–H groups in total. The number of H-pyrrole nitrogens is 1. The van der Waals surface area contributed by atoms with E-state index in [2.05, 4.69) is 16.3 Å². The number of nitrogens with one attached hydrogen (secondary N) is 1. The molecule has 0 saturated carbocycles. The first-order valence-corrected chi connectivity index (χ1v) is 10.1. The average molecular weight is 466 g/mol. The molecule has 0 amide bonds. The highest BCUT2D eigenvalue weighted by Crippen LogP contribution is 2.42. The summed E-state index contributed by atoms with van der Waals surface area (Å²) in [4.78, 5) is 14.1. The second-order valence-corrected chi connectivity index (χ2v) is 7.59. The number of aromatic nitrogens is 3. The van der Waals surface area contributed by atoms with Crippen molar-refractivity contribution in [1.82, 2.24) is 14.8 Å². The van der Waals surface area contributed by atoms with E-state index in [1.807, 2.05) is 6.07 Å². The number of hydrogen-bond donors (Lipinski definition) is 2. The maximum Gasteiger partial charge on any atom is 0.416 e. The molecule has 172 valence electrons. The normalized spacial score (nSPS) is 15.6. The first-order chi connectivity index (χ1) is 16.2. The molecule has 3 aromatic rings. The van der Waals surface area contributed by atoms with Crippen LogP contribution in [0.1, 0.15) is 35.2 Å². The molecule has 1 aliphatic rings. The minimum absolute atomic E-state index is 0.00475. The molecule has 0 spiro atoms. The van der Waals surface area contributed by atoms with Gasteiger partial charge in [-0.3, -0.25) is 4.90 Å². The Hall–Kier alpha value is -4.35. The quantitative estimate of drug-likeness (QED) is 0.607. The number of benzene rings is 2. The third-order valence-electron chi connectivity index (χ3n) is 5.64. The molecular weight excluding hydrogens is 449 g/mol. The van der Waals surface area contributed by atoms with E-state index in [4.69, 9.17) is 0 Å². The van der Waals surface area contributed by atoms with Crippen LogP contribution in [0.4, 0.5) is 24.8 Å². The van der Waals surface area contributed by atoms with Crippen LogP contribution in [0.5, 0.6) is 0 Å². The number of alkyl halides is 3. The van der Waals surface area contributed by atoms with Gasteiger partial charge in [0.05, 0.1) is 28.8 Å². The molecule has 2 aromatic carbocycles. The minimum atomic E-state index is -4.59. The number of anilines is 2.